The number of rotatable bonds is 2. The standard InChI is InChI=1S/C11H10ClNO2S/c1-16(14,15)11-9(6-13)10(11)7-3-2-4-8(12)5-7/h2-5,9-11H,1H3/t9-,10+,11+/m0/s1. The maximum absolute atomic E-state index is 11.4. The van der Waals surface area contributed by atoms with Gasteiger partial charge in [-0.3, -0.25) is 0 Å². The molecule has 2 rings (SSSR count). The average Bonchev–Trinajstić information content (AvgIpc) is 2.91. The lowest BCUT2D eigenvalue weighted by Crippen LogP contribution is -2.06. The first-order chi connectivity index (χ1) is 7.45. The Bertz CT molecular complexity index is 562. The van der Waals surface area contributed by atoms with E-state index < -0.39 is 21.0 Å². The molecule has 3 nitrogen and oxygen atoms in total. The molecule has 1 aromatic carbocycles. The van der Waals surface area contributed by atoms with Gasteiger partial charge in [0, 0.05) is 17.2 Å². The Morgan fingerprint density at radius 2 is 2.12 bits per heavy atom. The Hall–Kier alpha value is -1.05. The number of hydrogen-bond donors (Lipinski definition) is 0. The van der Waals surface area contributed by atoms with E-state index in [1.165, 1.54) is 6.26 Å². The molecule has 0 amide bonds. The second-order valence-corrected chi connectivity index (χ2v) is 6.67. The topological polar surface area (TPSA) is 57.9 Å². The van der Waals surface area contributed by atoms with Crippen molar-refractivity contribution in [1.29, 1.82) is 5.26 Å². The van der Waals surface area contributed by atoms with Crippen LogP contribution in [0.3, 0.4) is 0 Å². The molecule has 0 saturated heterocycles. The monoisotopic (exact) mass is 255 g/mol. The van der Waals surface area contributed by atoms with E-state index in [-0.39, 0.29) is 5.92 Å². The number of benzene rings is 1. The summed E-state index contributed by atoms with van der Waals surface area (Å²) in [7, 11) is -3.17. The Morgan fingerprint density at radius 3 is 2.56 bits per heavy atom. The molecule has 0 spiro atoms. The molecule has 0 unspecified atom stereocenters. The van der Waals surface area contributed by atoms with Gasteiger partial charge in [-0.25, -0.2) is 8.42 Å². The van der Waals surface area contributed by atoms with Crippen molar-refractivity contribution >= 4 is 21.4 Å². The molecule has 3 atom stereocenters. The predicted molar refractivity (Wildman–Crippen MR) is 61.9 cm³/mol. The van der Waals surface area contributed by atoms with Crippen LogP contribution in [0, 0.1) is 17.2 Å². The molecule has 1 aliphatic carbocycles. The quantitative estimate of drug-likeness (QED) is 0.812. The third kappa shape index (κ3) is 1.93. The van der Waals surface area contributed by atoms with Gasteiger partial charge in [0.15, 0.2) is 9.84 Å². The van der Waals surface area contributed by atoms with Crippen molar-refractivity contribution in [3.63, 3.8) is 0 Å². The van der Waals surface area contributed by atoms with E-state index in [9.17, 15) is 8.42 Å². The summed E-state index contributed by atoms with van der Waals surface area (Å²) in [6.07, 6.45) is 1.17. The summed E-state index contributed by atoms with van der Waals surface area (Å²) in [5.41, 5.74) is 0.828. The lowest BCUT2D eigenvalue weighted by Gasteiger charge is -1.99. The number of halogens is 1. The number of nitrogens with zero attached hydrogens (tertiary/aromatic N) is 1. The van der Waals surface area contributed by atoms with Gasteiger partial charge in [0.1, 0.15) is 0 Å². The largest absolute Gasteiger partial charge is 0.229 e. The van der Waals surface area contributed by atoms with Gasteiger partial charge >= 0.3 is 0 Å². The first-order valence-corrected chi connectivity index (χ1v) is 7.12. The van der Waals surface area contributed by atoms with Gasteiger partial charge in [-0.2, -0.15) is 5.26 Å². The van der Waals surface area contributed by atoms with Crippen LogP contribution in [0.5, 0.6) is 0 Å². The lowest BCUT2D eigenvalue weighted by atomic mass is 10.1. The number of nitriles is 1. The van der Waals surface area contributed by atoms with E-state index in [1.807, 2.05) is 12.1 Å². The highest BCUT2D eigenvalue weighted by molar-refractivity contribution is 7.91. The smallest absolute Gasteiger partial charge is 0.152 e. The van der Waals surface area contributed by atoms with Crippen LogP contribution in [0.1, 0.15) is 11.5 Å². The highest BCUT2D eigenvalue weighted by Crippen LogP contribution is 2.51. The molecule has 0 aromatic heterocycles. The van der Waals surface area contributed by atoms with Crippen molar-refractivity contribution in [3.8, 4) is 6.07 Å². The van der Waals surface area contributed by atoms with E-state index in [0.717, 1.165) is 5.56 Å². The van der Waals surface area contributed by atoms with Gasteiger partial charge in [0.25, 0.3) is 0 Å². The van der Waals surface area contributed by atoms with Crippen molar-refractivity contribution in [2.75, 3.05) is 6.26 Å². The highest BCUT2D eigenvalue weighted by atomic mass is 35.5. The fourth-order valence-electron chi connectivity index (χ4n) is 2.08. The fraction of sp³-hybridized carbons (Fsp3) is 0.364. The second kappa shape index (κ2) is 3.76. The minimum absolute atomic E-state index is 0.223. The first kappa shape index (κ1) is 11.4. The molecule has 5 heteroatoms. The predicted octanol–water partition coefficient (Wildman–Crippen LogP) is 1.99. The summed E-state index contributed by atoms with van der Waals surface area (Å²) in [6.45, 7) is 0. The normalized spacial score (nSPS) is 28.4. The van der Waals surface area contributed by atoms with E-state index in [1.54, 1.807) is 18.2 Å². The van der Waals surface area contributed by atoms with Crippen LogP contribution in [0.2, 0.25) is 5.02 Å². The molecule has 1 saturated carbocycles. The zero-order valence-electron chi connectivity index (χ0n) is 8.59. The highest BCUT2D eigenvalue weighted by Gasteiger charge is 2.57. The zero-order chi connectivity index (χ0) is 11.9. The molecule has 0 bridgehead atoms. The summed E-state index contributed by atoms with van der Waals surface area (Å²) >= 11 is 5.84. The van der Waals surface area contributed by atoms with Crippen LogP contribution in [-0.4, -0.2) is 19.9 Å². The molecular weight excluding hydrogens is 246 g/mol. The van der Waals surface area contributed by atoms with Crippen LogP contribution < -0.4 is 0 Å². The van der Waals surface area contributed by atoms with Crippen molar-refractivity contribution in [1.82, 2.24) is 0 Å². The molecular formula is C11H10ClNO2S. The third-order valence-corrected chi connectivity index (χ3v) is 4.64. The van der Waals surface area contributed by atoms with Crippen LogP contribution in [0.25, 0.3) is 0 Å². The van der Waals surface area contributed by atoms with Crippen molar-refractivity contribution < 1.29 is 8.42 Å². The zero-order valence-corrected chi connectivity index (χ0v) is 10.2. The number of hydrogen-bond acceptors (Lipinski definition) is 3. The summed E-state index contributed by atoms with van der Waals surface area (Å²) in [4.78, 5) is 0. The van der Waals surface area contributed by atoms with E-state index in [2.05, 4.69) is 0 Å². The molecule has 16 heavy (non-hydrogen) atoms. The molecule has 0 radical (unpaired) electrons. The van der Waals surface area contributed by atoms with Gasteiger partial charge in [0.2, 0.25) is 0 Å². The first-order valence-electron chi connectivity index (χ1n) is 4.79. The minimum Gasteiger partial charge on any atom is -0.229 e. The summed E-state index contributed by atoms with van der Waals surface area (Å²) in [5.74, 6) is -0.660. The summed E-state index contributed by atoms with van der Waals surface area (Å²) in [5, 5.41) is 8.88. The van der Waals surface area contributed by atoms with Crippen molar-refractivity contribution in [3.05, 3.63) is 34.9 Å². The molecule has 1 aromatic rings. The molecule has 84 valence electrons. The Kier molecular flexibility index (Phi) is 2.69. The van der Waals surface area contributed by atoms with Crippen LogP contribution in [0.4, 0.5) is 0 Å². The number of sulfone groups is 1. The molecule has 0 aliphatic heterocycles. The Labute approximate surface area is 99.6 Å². The maximum atomic E-state index is 11.4. The van der Waals surface area contributed by atoms with Gasteiger partial charge in [-0.1, -0.05) is 23.7 Å². The van der Waals surface area contributed by atoms with Crippen molar-refractivity contribution in [2.45, 2.75) is 11.2 Å². The van der Waals surface area contributed by atoms with Crippen LogP contribution >= 0.6 is 11.6 Å². The van der Waals surface area contributed by atoms with Gasteiger partial charge in [-0.15, -0.1) is 0 Å². The molecule has 1 aliphatic rings. The van der Waals surface area contributed by atoms with Gasteiger partial charge in [-0.05, 0) is 17.7 Å². The molecule has 0 heterocycles. The lowest BCUT2D eigenvalue weighted by molar-refractivity contribution is 0.599. The summed E-state index contributed by atoms with van der Waals surface area (Å²) in [6, 6.07) is 9.07. The Morgan fingerprint density at radius 1 is 1.44 bits per heavy atom. The van der Waals surface area contributed by atoms with E-state index in [4.69, 9.17) is 16.9 Å². The van der Waals surface area contributed by atoms with Crippen LogP contribution in [0.15, 0.2) is 24.3 Å². The fourth-order valence-corrected chi connectivity index (χ4v) is 3.81. The second-order valence-electron chi connectivity index (χ2n) is 4.03. The Balaban J connectivity index is 2.35. The maximum Gasteiger partial charge on any atom is 0.152 e. The SMILES string of the molecule is CS(=O)(=O)[C@@H]1[C@@H](C#N)[C@H]1c1cccc(Cl)c1. The molecule has 0 N–H and O–H groups in total. The van der Waals surface area contributed by atoms with Gasteiger partial charge < -0.3 is 0 Å². The van der Waals surface area contributed by atoms with Crippen molar-refractivity contribution in [2.24, 2.45) is 5.92 Å². The van der Waals surface area contributed by atoms with E-state index in [0.29, 0.717) is 5.02 Å². The minimum atomic E-state index is -3.17. The third-order valence-electron chi connectivity index (χ3n) is 2.83. The summed E-state index contributed by atoms with van der Waals surface area (Å²) < 4.78 is 22.9. The van der Waals surface area contributed by atoms with Crippen LogP contribution in [-0.2, 0) is 9.84 Å². The molecule has 1 fully saturated rings. The average molecular weight is 256 g/mol. The van der Waals surface area contributed by atoms with Gasteiger partial charge in [0.05, 0.1) is 17.2 Å². The van der Waals surface area contributed by atoms with E-state index >= 15 is 0 Å².